The molecule has 128 valence electrons. The number of hydrogen-bond donors (Lipinski definition) is 0. The number of rotatable bonds is 10. The first-order chi connectivity index (χ1) is 11.0. The molecule has 0 unspecified atom stereocenters. The summed E-state index contributed by atoms with van der Waals surface area (Å²) in [5.74, 6) is -0.299. The van der Waals surface area contributed by atoms with Crippen LogP contribution in [0.5, 0.6) is 0 Å². The van der Waals surface area contributed by atoms with Crippen molar-refractivity contribution in [1.29, 1.82) is 0 Å². The number of ether oxygens (including phenoxy) is 1. The van der Waals surface area contributed by atoms with Crippen molar-refractivity contribution >= 4 is 5.97 Å². The molecule has 0 rings (SSSR count). The lowest BCUT2D eigenvalue weighted by atomic mass is 10.1. The molecule has 0 saturated carbocycles. The van der Waals surface area contributed by atoms with Gasteiger partial charge in [0.15, 0.2) is 0 Å². The van der Waals surface area contributed by atoms with Gasteiger partial charge in [0, 0.05) is 6.08 Å². The van der Waals surface area contributed by atoms with Crippen LogP contribution in [0.1, 0.15) is 60.3 Å². The maximum absolute atomic E-state index is 11.1. The molecule has 2 heteroatoms. The van der Waals surface area contributed by atoms with E-state index in [-0.39, 0.29) is 5.97 Å². The van der Waals surface area contributed by atoms with E-state index in [4.69, 9.17) is 4.74 Å². The molecule has 0 bridgehead atoms. The summed E-state index contributed by atoms with van der Waals surface area (Å²) >= 11 is 0. The smallest absolute Gasteiger partial charge is 0.330 e. The topological polar surface area (TPSA) is 26.3 Å². The third-order valence-corrected chi connectivity index (χ3v) is 3.24. The fraction of sp³-hybridized carbons (Fsp3) is 0.476. The van der Waals surface area contributed by atoms with Crippen LogP contribution in [0.3, 0.4) is 0 Å². The molecular weight excluding hydrogens is 284 g/mol. The highest BCUT2D eigenvalue weighted by Gasteiger charge is 1.92. The van der Waals surface area contributed by atoms with Crippen LogP contribution in [0, 0.1) is 0 Å². The second-order valence-electron chi connectivity index (χ2n) is 5.92. The van der Waals surface area contributed by atoms with Crippen LogP contribution in [0.15, 0.2) is 59.3 Å². The zero-order valence-corrected chi connectivity index (χ0v) is 15.4. The van der Waals surface area contributed by atoms with Gasteiger partial charge in [-0.15, -0.1) is 0 Å². The lowest BCUT2D eigenvalue weighted by Crippen LogP contribution is -1.98. The van der Waals surface area contributed by atoms with Crippen LogP contribution >= 0.6 is 0 Å². The quantitative estimate of drug-likeness (QED) is 0.211. The van der Waals surface area contributed by atoms with Gasteiger partial charge < -0.3 is 4.74 Å². The first-order valence-electron chi connectivity index (χ1n) is 8.42. The summed E-state index contributed by atoms with van der Waals surface area (Å²) < 4.78 is 4.80. The highest BCUT2D eigenvalue weighted by atomic mass is 16.5. The lowest BCUT2D eigenvalue weighted by Gasteiger charge is -2.00. The normalized spacial score (nSPS) is 12.9. The van der Waals surface area contributed by atoms with Crippen molar-refractivity contribution in [3.05, 3.63) is 59.3 Å². The Morgan fingerprint density at radius 2 is 1.52 bits per heavy atom. The van der Waals surface area contributed by atoms with Gasteiger partial charge in [0.2, 0.25) is 0 Å². The van der Waals surface area contributed by atoms with Gasteiger partial charge in [-0.1, -0.05) is 53.2 Å². The predicted octanol–water partition coefficient (Wildman–Crippen LogP) is 6.08. The average Bonchev–Trinajstić information content (AvgIpc) is 2.46. The van der Waals surface area contributed by atoms with Crippen molar-refractivity contribution in [2.45, 2.75) is 60.3 Å². The van der Waals surface area contributed by atoms with Crippen molar-refractivity contribution in [3.8, 4) is 0 Å². The molecule has 0 saturated heterocycles. The van der Waals surface area contributed by atoms with Gasteiger partial charge in [0.05, 0.1) is 6.61 Å². The molecule has 0 aromatic rings. The fourth-order valence-electron chi connectivity index (χ4n) is 1.93. The zero-order valence-electron chi connectivity index (χ0n) is 15.4. The van der Waals surface area contributed by atoms with Crippen LogP contribution in [-0.4, -0.2) is 12.6 Å². The molecule has 0 aromatic carbocycles. The van der Waals surface area contributed by atoms with E-state index in [1.165, 1.54) is 22.8 Å². The minimum Gasteiger partial charge on any atom is -0.463 e. The van der Waals surface area contributed by atoms with Gasteiger partial charge in [-0.05, 0) is 60.3 Å². The van der Waals surface area contributed by atoms with Gasteiger partial charge in [-0.2, -0.15) is 0 Å². The molecule has 0 spiro atoms. The summed E-state index contributed by atoms with van der Waals surface area (Å²) in [5, 5.41) is 0. The SMILES string of the molecule is CCOC(=O)\C=C/C=C/C=C(/C)CC/C=C(\C)CCC=C(C)C. The van der Waals surface area contributed by atoms with Crippen LogP contribution in [0.25, 0.3) is 0 Å². The van der Waals surface area contributed by atoms with Crippen LogP contribution < -0.4 is 0 Å². The fourth-order valence-corrected chi connectivity index (χ4v) is 1.93. The third-order valence-electron chi connectivity index (χ3n) is 3.24. The molecule has 0 atom stereocenters. The van der Waals surface area contributed by atoms with E-state index in [9.17, 15) is 4.79 Å². The van der Waals surface area contributed by atoms with Crippen LogP contribution in [0.4, 0.5) is 0 Å². The van der Waals surface area contributed by atoms with Crippen molar-refractivity contribution in [1.82, 2.24) is 0 Å². The second kappa shape index (κ2) is 13.8. The molecule has 0 aliphatic heterocycles. The molecule has 0 amide bonds. The van der Waals surface area contributed by atoms with Crippen molar-refractivity contribution < 1.29 is 9.53 Å². The molecule has 2 nitrogen and oxygen atoms in total. The molecular formula is C21H32O2. The summed E-state index contributed by atoms with van der Waals surface area (Å²) in [7, 11) is 0. The van der Waals surface area contributed by atoms with E-state index >= 15 is 0 Å². The molecule has 0 aromatic heterocycles. The summed E-state index contributed by atoms with van der Waals surface area (Å²) in [4.78, 5) is 11.1. The highest BCUT2D eigenvalue weighted by Crippen LogP contribution is 2.11. The number of hydrogen-bond acceptors (Lipinski definition) is 2. The summed E-state index contributed by atoms with van der Waals surface area (Å²) in [6.07, 6.45) is 18.1. The Morgan fingerprint density at radius 3 is 2.17 bits per heavy atom. The Kier molecular flexibility index (Phi) is 12.7. The van der Waals surface area contributed by atoms with E-state index in [0.717, 1.165) is 25.7 Å². The maximum Gasteiger partial charge on any atom is 0.330 e. The number of carbonyl (C=O) groups excluding carboxylic acids is 1. The van der Waals surface area contributed by atoms with Crippen molar-refractivity contribution in [3.63, 3.8) is 0 Å². The van der Waals surface area contributed by atoms with E-state index in [2.05, 4.69) is 45.9 Å². The number of carbonyl (C=O) groups is 1. The molecule has 0 heterocycles. The van der Waals surface area contributed by atoms with Gasteiger partial charge in [-0.25, -0.2) is 4.79 Å². The van der Waals surface area contributed by atoms with Gasteiger partial charge >= 0.3 is 5.97 Å². The Bertz CT molecular complexity index is 484. The Balaban J connectivity index is 4.06. The molecule has 0 N–H and O–H groups in total. The van der Waals surface area contributed by atoms with E-state index in [1.54, 1.807) is 13.0 Å². The van der Waals surface area contributed by atoms with E-state index in [1.807, 2.05) is 12.2 Å². The van der Waals surface area contributed by atoms with Crippen molar-refractivity contribution in [2.24, 2.45) is 0 Å². The largest absolute Gasteiger partial charge is 0.463 e. The minimum atomic E-state index is -0.299. The highest BCUT2D eigenvalue weighted by molar-refractivity contribution is 5.82. The molecule has 0 aliphatic rings. The summed E-state index contributed by atoms with van der Waals surface area (Å²) in [6.45, 7) is 10.8. The monoisotopic (exact) mass is 316 g/mol. The van der Waals surface area contributed by atoms with Gasteiger partial charge in [0.1, 0.15) is 0 Å². The van der Waals surface area contributed by atoms with Gasteiger partial charge in [0.25, 0.3) is 0 Å². The Labute approximate surface area is 142 Å². The Hall–Kier alpha value is -1.83. The average molecular weight is 316 g/mol. The van der Waals surface area contributed by atoms with Crippen LogP contribution in [-0.2, 0) is 9.53 Å². The van der Waals surface area contributed by atoms with E-state index < -0.39 is 0 Å². The molecule has 23 heavy (non-hydrogen) atoms. The summed E-state index contributed by atoms with van der Waals surface area (Å²) in [5.41, 5.74) is 4.18. The first kappa shape index (κ1) is 21.2. The minimum absolute atomic E-state index is 0.299. The second-order valence-corrected chi connectivity index (χ2v) is 5.92. The Morgan fingerprint density at radius 1 is 0.870 bits per heavy atom. The van der Waals surface area contributed by atoms with Crippen molar-refractivity contribution in [2.75, 3.05) is 6.61 Å². The van der Waals surface area contributed by atoms with Crippen LogP contribution in [0.2, 0.25) is 0 Å². The van der Waals surface area contributed by atoms with E-state index in [0.29, 0.717) is 6.61 Å². The lowest BCUT2D eigenvalue weighted by molar-refractivity contribution is -0.137. The predicted molar refractivity (Wildman–Crippen MR) is 100 cm³/mol. The van der Waals surface area contributed by atoms with Gasteiger partial charge in [-0.3, -0.25) is 0 Å². The third kappa shape index (κ3) is 14.9. The standard InChI is InChI=1S/C21H32O2/c1-6-23-21(22)17-9-7-8-13-19(4)15-11-16-20(5)14-10-12-18(2)3/h7-9,12-13,16-17H,6,10-11,14-15H2,1-5H3/b8-7+,17-9-,19-13-,20-16+. The number of allylic oxidation sites excluding steroid dienone is 9. The zero-order chi connectivity index (χ0) is 17.5. The summed E-state index contributed by atoms with van der Waals surface area (Å²) in [6, 6.07) is 0. The molecule has 0 radical (unpaired) electrons. The maximum atomic E-state index is 11.1. The molecule has 0 aliphatic carbocycles. The first-order valence-corrected chi connectivity index (χ1v) is 8.42. The molecule has 0 fully saturated rings. The number of esters is 1.